The van der Waals surface area contributed by atoms with Crippen molar-refractivity contribution in [2.75, 3.05) is 20.2 Å². The van der Waals surface area contributed by atoms with Gasteiger partial charge in [-0.25, -0.2) is 0 Å². The Morgan fingerprint density at radius 1 is 1.06 bits per heavy atom. The van der Waals surface area contributed by atoms with Crippen molar-refractivity contribution in [3.8, 4) is 0 Å². The first-order valence-electron chi connectivity index (χ1n) is 12.5. The van der Waals surface area contributed by atoms with Gasteiger partial charge in [0, 0.05) is 22.7 Å². The number of amides is 2. The molecule has 0 radical (unpaired) electrons. The fourth-order valence-corrected chi connectivity index (χ4v) is 8.09. The zero-order chi connectivity index (χ0) is 23.2. The Bertz CT molecular complexity index is 929. The van der Waals surface area contributed by atoms with Crippen molar-refractivity contribution in [3.05, 3.63) is 29.8 Å². The highest BCUT2D eigenvalue weighted by Crippen LogP contribution is 2.58. The van der Waals surface area contributed by atoms with Gasteiger partial charge in [0.15, 0.2) is 0 Å². The van der Waals surface area contributed by atoms with Crippen LogP contribution in [0.5, 0.6) is 0 Å². The highest BCUT2D eigenvalue weighted by molar-refractivity contribution is 8.00. The number of likely N-dealkylation sites (tertiary alicyclic amines) is 1. The molecule has 0 N–H and O–H groups in total. The van der Waals surface area contributed by atoms with Crippen LogP contribution in [0.4, 0.5) is 0 Å². The van der Waals surface area contributed by atoms with E-state index in [0.29, 0.717) is 24.8 Å². The van der Waals surface area contributed by atoms with Crippen LogP contribution in [-0.2, 0) is 19.1 Å². The molecule has 3 unspecified atom stereocenters. The van der Waals surface area contributed by atoms with Crippen molar-refractivity contribution in [1.29, 1.82) is 0 Å². The van der Waals surface area contributed by atoms with Crippen LogP contribution in [0.15, 0.2) is 29.2 Å². The highest BCUT2D eigenvalue weighted by Gasteiger charge is 2.72. The van der Waals surface area contributed by atoms with E-state index in [4.69, 9.17) is 4.74 Å². The van der Waals surface area contributed by atoms with Crippen molar-refractivity contribution in [3.63, 3.8) is 0 Å². The summed E-state index contributed by atoms with van der Waals surface area (Å²) in [5.74, 6) is -1.93. The van der Waals surface area contributed by atoms with Gasteiger partial charge < -0.3 is 4.74 Å². The second-order valence-corrected chi connectivity index (χ2v) is 11.3. The van der Waals surface area contributed by atoms with Gasteiger partial charge in [0.25, 0.3) is 0 Å². The van der Waals surface area contributed by atoms with Crippen LogP contribution < -0.4 is 0 Å². The summed E-state index contributed by atoms with van der Waals surface area (Å²) in [6.07, 6.45) is 8.89. The molecule has 1 aromatic rings. The largest absolute Gasteiger partial charge is 0.468 e. The summed E-state index contributed by atoms with van der Waals surface area (Å²) >= 11 is 1.95. The number of esters is 1. The predicted molar refractivity (Wildman–Crippen MR) is 127 cm³/mol. The number of benzene rings is 1. The third-order valence-corrected chi connectivity index (χ3v) is 9.63. The second kappa shape index (κ2) is 9.06. The summed E-state index contributed by atoms with van der Waals surface area (Å²) < 4.78 is 5.28. The molecule has 7 heteroatoms. The van der Waals surface area contributed by atoms with Crippen LogP contribution in [-0.4, -0.2) is 58.6 Å². The quantitative estimate of drug-likeness (QED) is 0.475. The Morgan fingerprint density at radius 3 is 2.45 bits per heavy atom. The number of hydrogen-bond acceptors (Lipinski definition) is 6. The van der Waals surface area contributed by atoms with Gasteiger partial charge in [-0.2, -0.15) is 0 Å². The summed E-state index contributed by atoms with van der Waals surface area (Å²) in [6, 6.07) is 8.26. The lowest BCUT2D eigenvalue weighted by Crippen LogP contribution is -2.59. The number of hydrogen-bond donors (Lipinski definition) is 0. The molecule has 1 aromatic carbocycles. The standard InChI is InChI=1S/C26H34N2O4S/c1-3-27-23(29)20-21(24(27)30)26(25(31)32-2)15-7-8-16-28(26)22(20)17-11-13-19(14-12-17)33-18-9-5-4-6-10-18/h11-14,18,20-22H,3-10,15-16H2,1-2H3/t20?,21?,22?,26-/m0/s1. The minimum atomic E-state index is -1.05. The number of thioether (sulfide) groups is 1. The molecule has 4 aliphatic rings. The van der Waals surface area contributed by atoms with Crippen LogP contribution >= 0.6 is 11.8 Å². The SMILES string of the molecule is CCN1C(=O)C2C(c3ccc(SC4CCCCC4)cc3)N3CCCC[C@@]3(C(=O)OC)C2C1=O. The molecule has 33 heavy (non-hydrogen) atoms. The first-order chi connectivity index (χ1) is 16.0. The summed E-state index contributed by atoms with van der Waals surface area (Å²) in [7, 11) is 1.39. The monoisotopic (exact) mass is 470 g/mol. The highest BCUT2D eigenvalue weighted by atomic mass is 32.2. The van der Waals surface area contributed by atoms with Crippen LogP contribution in [0, 0.1) is 11.8 Å². The van der Waals surface area contributed by atoms with E-state index in [9.17, 15) is 14.4 Å². The summed E-state index contributed by atoms with van der Waals surface area (Å²) in [6.45, 7) is 2.86. The fraction of sp³-hybridized carbons (Fsp3) is 0.654. The number of nitrogens with zero attached hydrogens (tertiary/aromatic N) is 2. The van der Waals surface area contributed by atoms with E-state index in [-0.39, 0.29) is 23.8 Å². The molecule has 2 amide bonds. The lowest BCUT2D eigenvalue weighted by atomic mass is 9.75. The van der Waals surface area contributed by atoms with Gasteiger partial charge in [0.2, 0.25) is 11.8 Å². The molecular formula is C26H34N2O4S. The lowest BCUT2D eigenvalue weighted by molar-refractivity contribution is -0.164. The Balaban J connectivity index is 1.51. The van der Waals surface area contributed by atoms with Crippen LogP contribution in [0.1, 0.15) is 69.9 Å². The number of methoxy groups -OCH3 is 1. The third kappa shape index (κ3) is 3.54. The van der Waals surface area contributed by atoms with Crippen molar-refractivity contribution in [1.82, 2.24) is 9.80 Å². The molecule has 1 saturated carbocycles. The van der Waals surface area contributed by atoms with E-state index in [2.05, 4.69) is 29.2 Å². The van der Waals surface area contributed by atoms with Crippen molar-refractivity contribution < 1.29 is 19.1 Å². The zero-order valence-corrected chi connectivity index (χ0v) is 20.4. The van der Waals surface area contributed by atoms with Gasteiger partial charge in [-0.1, -0.05) is 31.4 Å². The summed E-state index contributed by atoms with van der Waals surface area (Å²) in [5.41, 5.74) is -0.0288. The van der Waals surface area contributed by atoms with E-state index in [1.807, 2.05) is 18.7 Å². The third-order valence-electron chi connectivity index (χ3n) is 8.28. The Hall–Kier alpha value is -1.86. The minimum absolute atomic E-state index is 0.143. The molecule has 6 nitrogen and oxygen atoms in total. The van der Waals surface area contributed by atoms with Gasteiger partial charge in [-0.15, -0.1) is 11.8 Å². The van der Waals surface area contributed by atoms with Gasteiger partial charge in [-0.3, -0.25) is 24.2 Å². The Labute approximate surface area is 200 Å². The maximum absolute atomic E-state index is 13.5. The maximum Gasteiger partial charge on any atom is 0.327 e. The Kier molecular flexibility index (Phi) is 6.29. The first-order valence-corrected chi connectivity index (χ1v) is 13.4. The zero-order valence-electron chi connectivity index (χ0n) is 19.6. The van der Waals surface area contributed by atoms with Crippen molar-refractivity contribution in [2.45, 2.75) is 80.0 Å². The molecular weight excluding hydrogens is 436 g/mol. The molecule has 1 aliphatic carbocycles. The number of ether oxygens (including phenoxy) is 1. The fourth-order valence-electron chi connectivity index (χ4n) is 6.85. The van der Waals surface area contributed by atoms with E-state index in [0.717, 1.165) is 18.4 Å². The summed E-state index contributed by atoms with van der Waals surface area (Å²) in [5, 5.41) is 0.682. The molecule has 0 aromatic heterocycles. The smallest absolute Gasteiger partial charge is 0.327 e. The molecule has 178 valence electrons. The van der Waals surface area contributed by atoms with Crippen molar-refractivity contribution in [2.24, 2.45) is 11.8 Å². The Morgan fingerprint density at radius 2 is 1.79 bits per heavy atom. The number of carbonyl (C=O) groups excluding carboxylic acids is 3. The van der Waals surface area contributed by atoms with Crippen LogP contribution in [0.2, 0.25) is 0 Å². The predicted octanol–water partition coefficient (Wildman–Crippen LogP) is 4.18. The van der Waals surface area contributed by atoms with Gasteiger partial charge in [-0.05, 0) is 63.3 Å². The molecule has 0 spiro atoms. The number of piperidine rings is 1. The minimum Gasteiger partial charge on any atom is -0.468 e. The number of imide groups is 1. The van der Waals surface area contributed by atoms with Gasteiger partial charge in [0.1, 0.15) is 5.54 Å². The maximum atomic E-state index is 13.5. The van der Waals surface area contributed by atoms with Crippen molar-refractivity contribution >= 4 is 29.5 Å². The topological polar surface area (TPSA) is 66.9 Å². The van der Waals surface area contributed by atoms with E-state index >= 15 is 0 Å². The first kappa shape index (κ1) is 22.9. The molecule has 3 saturated heterocycles. The average molecular weight is 471 g/mol. The van der Waals surface area contributed by atoms with E-state index < -0.39 is 17.4 Å². The normalized spacial score (nSPS) is 32.7. The van der Waals surface area contributed by atoms with E-state index in [1.54, 1.807) is 0 Å². The molecule has 5 rings (SSSR count). The molecule has 0 bridgehead atoms. The molecule has 4 atom stereocenters. The van der Waals surface area contributed by atoms with Crippen LogP contribution in [0.3, 0.4) is 0 Å². The molecule has 3 aliphatic heterocycles. The van der Waals surface area contributed by atoms with Gasteiger partial charge >= 0.3 is 5.97 Å². The van der Waals surface area contributed by atoms with Crippen LogP contribution in [0.25, 0.3) is 0 Å². The second-order valence-electron chi connectivity index (χ2n) is 9.88. The number of fused-ring (bicyclic) bond motifs is 3. The number of carbonyl (C=O) groups is 3. The summed E-state index contributed by atoms with van der Waals surface area (Å²) in [4.78, 5) is 44.9. The average Bonchev–Trinajstić information content (AvgIpc) is 3.30. The lowest BCUT2D eigenvalue weighted by Gasteiger charge is -2.44. The molecule has 3 heterocycles. The van der Waals surface area contributed by atoms with E-state index in [1.165, 1.54) is 49.0 Å². The molecule has 4 fully saturated rings. The van der Waals surface area contributed by atoms with Gasteiger partial charge in [0.05, 0.1) is 18.9 Å². The number of rotatable bonds is 5.